The number of likely N-dealkylation sites (tertiary alicyclic amines) is 1. The lowest BCUT2D eigenvalue weighted by atomic mass is 9.66. The highest BCUT2D eigenvalue weighted by molar-refractivity contribution is 7.84. The number of benzene rings is 2. The summed E-state index contributed by atoms with van der Waals surface area (Å²) in [6, 6.07) is 12.1. The maximum Gasteiger partial charge on any atom is 0.410 e. The van der Waals surface area contributed by atoms with E-state index < -0.39 is 16.6 Å². The van der Waals surface area contributed by atoms with Gasteiger partial charge in [0.25, 0.3) is 5.91 Å². The molecule has 1 spiro atoms. The number of anilines is 1. The van der Waals surface area contributed by atoms with E-state index in [2.05, 4.69) is 46.1 Å². The number of nitrogens with zero attached hydrogens (tertiary/aromatic N) is 2. The molecule has 2 aliphatic carbocycles. The molecule has 1 saturated heterocycles. The van der Waals surface area contributed by atoms with E-state index in [1.165, 1.54) is 11.1 Å². The van der Waals surface area contributed by atoms with Gasteiger partial charge < -0.3 is 29.7 Å². The van der Waals surface area contributed by atoms with Crippen molar-refractivity contribution in [1.29, 1.82) is 0 Å². The molecule has 316 valence electrons. The quantitative estimate of drug-likeness (QED) is 0.183. The molecule has 0 radical (unpaired) electrons. The summed E-state index contributed by atoms with van der Waals surface area (Å²) in [6.45, 7) is 16.2. The molecule has 6 atom stereocenters. The van der Waals surface area contributed by atoms with Crippen LogP contribution in [0.4, 0.5) is 10.5 Å². The maximum absolute atomic E-state index is 13.4. The van der Waals surface area contributed by atoms with Crippen LogP contribution in [0.5, 0.6) is 5.75 Å². The first-order valence-corrected chi connectivity index (χ1v) is 22.7. The van der Waals surface area contributed by atoms with Crippen molar-refractivity contribution in [2.45, 2.75) is 122 Å². The summed E-state index contributed by atoms with van der Waals surface area (Å²) in [5, 5.41) is 11.4. The zero-order valence-electron chi connectivity index (χ0n) is 35.3. The van der Waals surface area contributed by atoms with Gasteiger partial charge in [-0.2, -0.15) is 0 Å². The Hall–Kier alpha value is -3.12. The van der Waals surface area contributed by atoms with Gasteiger partial charge in [0.05, 0.1) is 12.3 Å². The van der Waals surface area contributed by atoms with Crippen LogP contribution >= 0.6 is 11.6 Å². The molecule has 2 aromatic carbocycles. The summed E-state index contributed by atoms with van der Waals surface area (Å²) in [6.07, 6.45) is 14.0. The number of nitrogens with one attached hydrogen (secondary N) is 2. The Morgan fingerprint density at radius 2 is 1.89 bits per heavy atom. The number of amides is 2. The van der Waals surface area contributed by atoms with Crippen LogP contribution in [0.2, 0.25) is 5.02 Å². The predicted molar refractivity (Wildman–Crippen MR) is 232 cm³/mol. The number of fused-ring (bicyclic) bond motifs is 3. The molecule has 57 heavy (non-hydrogen) atoms. The number of ether oxygens (including phenoxy) is 2. The number of carbonyl (C=O) groups is 2. The summed E-state index contributed by atoms with van der Waals surface area (Å²) in [7, 11) is -0.473. The summed E-state index contributed by atoms with van der Waals surface area (Å²) in [5.74, 6) is 1.73. The van der Waals surface area contributed by atoms with Gasteiger partial charge in [-0.25, -0.2) is 9.00 Å². The fourth-order valence-corrected chi connectivity index (χ4v) is 9.79. The molecule has 2 aromatic rings. The number of carbonyl (C=O) groups excluding carboxylic acids is 2. The Labute approximate surface area is 349 Å². The zero-order chi connectivity index (χ0) is 41.3. The molecule has 0 aromatic heterocycles. The van der Waals surface area contributed by atoms with Crippen LogP contribution in [0.3, 0.4) is 0 Å². The van der Waals surface area contributed by atoms with Crippen LogP contribution in [0, 0.1) is 17.8 Å². The molecule has 1 saturated carbocycles. The second-order valence-electron chi connectivity index (χ2n) is 17.5. The molecular formula is C45H67ClN4O6S. The number of aliphatic hydroxyl groups is 1. The van der Waals surface area contributed by atoms with E-state index in [1.807, 2.05) is 57.7 Å². The molecule has 3 N–H and O–H groups in total. The van der Waals surface area contributed by atoms with Gasteiger partial charge in [0.15, 0.2) is 0 Å². The molecule has 5 unspecified atom stereocenters. The average Bonchev–Trinajstić information content (AvgIpc) is 3.32. The minimum Gasteiger partial charge on any atom is -0.490 e. The lowest BCUT2D eigenvalue weighted by molar-refractivity contribution is 0.00971. The molecule has 2 aliphatic heterocycles. The maximum atomic E-state index is 13.4. The minimum atomic E-state index is -1.47. The SMILES string of the molecule is CC/C=C/C(CNCC1CCCCN1C(=O)OC(C)(C)C)C1CCC1CN1C[C@@]2(CCCc3cc(Cl)ccc32)COc2ccc(C(=O)NS(=O)C(C)C)cc21.CO. The molecule has 2 fully saturated rings. The van der Waals surface area contributed by atoms with Crippen molar-refractivity contribution in [3.05, 3.63) is 70.3 Å². The third-order valence-electron chi connectivity index (χ3n) is 12.0. The van der Waals surface area contributed by atoms with Gasteiger partial charge in [-0.05, 0) is 152 Å². The smallest absolute Gasteiger partial charge is 0.410 e. The van der Waals surface area contributed by atoms with E-state index in [-0.39, 0.29) is 28.7 Å². The zero-order valence-corrected chi connectivity index (χ0v) is 36.9. The van der Waals surface area contributed by atoms with Crippen molar-refractivity contribution in [2.75, 3.05) is 51.3 Å². The normalized spacial score (nSPS) is 24.3. The number of hydrogen-bond donors (Lipinski definition) is 3. The first-order chi connectivity index (χ1) is 27.3. The number of aryl methyl sites for hydroxylation is 1. The Bertz CT molecular complexity index is 1730. The van der Waals surface area contributed by atoms with Crippen LogP contribution in [0.25, 0.3) is 0 Å². The number of hydrogen-bond acceptors (Lipinski definition) is 8. The van der Waals surface area contributed by atoms with Crippen molar-refractivity contribution in [2.24, 2.45) is 17.8 Å². The van der Waals surface area contributed by atoms with Crippen molar-refractivity contribution in [3.63, 3.8) is 0 Å². The van der Waals surface area contributed by atoms with Gasteiger partial charge in [0, 0.05) is 67.1 Å². The predicted octanol–water partition coefficient (Wildman–Crippen LogP) is 8.21. The van der Waals surface area contributed by atoms with Gasteiger partial charge in [0.2, 0.25) is 0 Å². The van der Waals surface area contributed by atoms with Crippen LogP contribution in [0.15, 0.2) is 48.6 Å². The molecule has 6 rings (SSSR count). The minimum absolute atomic E-state index is 0.124. The number of aliphatic hydroxyl groups excluding tert-OH is 1. The fourth-order valence-electron chi connectivity index (χ4n) is 9.05. The first kappa shape index (κ1) is 45.0. The molecule has 0 bridgehead atoms. The third kappa shape index (κ3) is 11.3. The van der Waals surface area contributed by atoms with Gasteiger partial charge in [0.1, 0.15) is 22.3 Å². The highest BCUT2D eigenvalue weighted by atomic mass is 35.5. The number of allylic oxidation sites excluding steroid dienone is 1. The van der Waals surface area contributed by atoms with Gasteiger partial charge in [-0.15, -0.1) is 0 Å². The van der Waals surface area contributed by atoms with E-state index in [9.17, 15) is 13.8 Å². The van der Waals surface area contributed by atoms with Crippen molar-refractivity contribution in [1.82, 2.24) is 14.9 Å². The lowest BCUT2D eigenvalue weighted by Gasteiger charge is -2.46. The Morgan fingerprint density at radius 3 is 2.60 bits per heavy atom. The molecule has 2 heterocycles. The largest absolute Gasteiger partial charge is 0.490 e. The second-order valence-corrected chi connectivity index (χ2v) is 19.7. The summed E-state index contributed by atoms with van der Waals surface area (Å²) >= 11 is 6.51. The summed E-state index contributed by atoms with van der Waals surface area (Å²) < 4.78 is 27.8. The number of halogens is 1. The topological polar surface area (TPSA) is 120 Å². The first-order valence-electron chi connectivity index (χ1n) is 21.1. The van der Waals surface area contributed by atoms with Gasteiger partial charge in [-0.3, -0.25) is 9.52 Å². The standard InChI is InChI=1S/C44H63ClN4O5S.CH4O/c1-7-8-12-33(25-46-26-36-14-9-10-22-49(36)42(51)54-43(4,5)6)37-18-15-34(37)27-48-28-44(21-11-13-31-23-35(45)17-19-38(31)44)29-53-40-20-16-32(24-39(40)48)41(50)47-55(52)30(2)3;1-2/h8,12,16-17,19-20,23-24,30,33-34,36-37,46H,7,9-11,13-15,18,21-22,25-29H2,1-6H3,(H,47,50);2H,1H3/b12-8+;/t33?,34?,36?,37?,44-,55?;/m0./s1. The fraction of sp³-hybridized carbons (Fsp3) is 0.644. The molecule has 10 nitrogen and oxygen atoms in total. The number of piperidine rings is 1. The molecule has 4 aliphatic rings. The van der Waals surface area contributed by atoms with E-state index in [4.69, 9.17) is 26.2 Å². The average molecular weight is 828 g/mol. The lowest BCUT2D eigenvalue weighted by Crippen LogP contribution is -2.51. The Balaban J connectivity index is 0.00000305. The summed E-state index contributed by atoms with van der Waals surface area (Å²) in [4.78, 5) is 30.9. The van der Waals surface area contributed by atoms with Crippen LogP contribution < -0.4 is 19.7 Å². The van der Waals surface area contributed by atoms with Gasteiger partial charge in [-0.1, -0.05) is 36.7 Å². The van der Waals surface area contributed by atoms with Crippen LogP contribution in [-0.4, -0.2) is 89.5 Å². The Kier molecular flexibility index (Phi) is 16.0. The molecular weight excluding hydrogens is 760 g/mol. The highest BCUT2D eigenvalue weighted by Crippen LogP contribution is 2.47. The second kappa shape index (κ2) is 20.2. The summed E-state index contributed by atoms with van der Waals surface area (Å²) in [5.41, 5.74) is 3.27. The molecule has 2 amide bonds. The van der Waals surface area contributed by atoms with Crippen molar-refractivity contribution in [3.8, 4) is 5.75 Å². The number of rotatable bonds is 12. The van der Waals surface area contributed by atoms with Crippen molar-refractivity contribution < 1.29 is 28.4 Å². The van der Waals surface area contributed by atoms with Crippen molar-refractivity contribution >= 4 is 40.3 Å². The van der Waals surface area contributed by atoms with Gasteiger partial charge >= 0.3 is 6.09 Å². The Morgan fingerprint density at radius 1 is 1.11 bits per heavy atom. The van der Waals surface area contributed by atoms with E-state index in [0.717, 1.165) is 114 Å². The molecule has 12 heteroatoms. The van der Waals surface area contributed by atoms with E-state index >= 15 is 0 Å². The third-order valence-corrected chi connectivity index (χ3v) is 13.5. The van der Waals surface area contributed by atoms with E-state index in [1.54, 1.807) is 6.07 Å². The van der Waals surface area contributed by atoms with Crippen LogP contribution in [0.1, 0.15) is 114 Å². The van der Waals surface area contributed by atoms with E-state index in [0.29, 0.717) is 29.9 Å². The van der Waals surface area contributed by atoms with Crippen LogP contribution in [-0.2, 0) is 27.6 Å². The monoisotopic (exact) mass is 826 g/mol. The highest BCUT2D eigenvalue weighted by Gasteiger charge is 2.44.